The number of hydrogen-bond donors (Lipinski definition) is 1. The summed E-state index contributed by atoms with van der Waals surface area (Å²) in [6.45, 7) is 6.24. The fourth-order valence-electron chi connectivity index (χ4n) is 2.04. The van der Waals surface area contributed by atoms with Crippen LogP contribution in [0.5, 0.6) is 0 Å². The molecule has 1 heterocycles. The van der Waals surface area contributed by atoms with Crippen LogP contribution < -0.4 is 5.32 Å². The van der Waals surface area contributed by atoms with Gasteiger partial charge in [-0.15, -0.1) is 0 Å². The number of hydrogen-bond acceptors (Lipinski definition) is 5. The highest BCUT2D eigenvalue weighted by Crippen LogP contribution is 2.06. The van der Waals surface area contributed by atoms with Gasteiger partial charge < -0.3 is 15.0 Å². The van der Waals surface area contributed by atoms with Crippen molar-refractivity contribution in [3.8, 4) is 0 Å². The van der Waals surface area contributed by atoms with Gasteiger partial charge in [-0.3, -0.25) is 0 Å². The van der Waals surface area contributed by atoms with Crippen LogP contribution >= 0.6 is 0 Å². The van der Waals surface area contributed by atoms with Crippen molar-refractivity contribution < 1.29 is 13.2 Å². The van der Waals surface area contributed by atoms with Gasteiger partial charge in [-0.1, -0.05) is 6.92 Å². The monoisotopic (exact) mass is 264 g/mol. The maximum absolute atomic E-state index is 11.5. The molecule has 0 aliphatic carbocycles. The van der Waals surface area contributed by atoms with Gasteiger partial charge in [0.05, 0.1) is 18.1 Å². The van der Waals surface area contributed by atoms with Crippen molar-refractivity contribution >= 4 is 9.84 Å². The molecule has 5 nitrogen and oxygen atoms in total. The van der Waals surface area contributed by atoms with Crippen LogP contribution in [0.3, 0.4) is 0 Å². The number of sulfone groups is 1. The van der Waals surface area contributed by atoms with E-state index in [0.717, 1.165) is 32.7 Å². The van der Waals surface area contributed by atoms with E-state index in [9.17, 15) is 8.42 Å². The predicted octanol–water partition coefficient (Wildman–Crippen LogP) is -0.269. The van der Waals surface area contributed by atoms with Crippen LogP contribution in [0, 0.1) is 0 Å². The summed E-state index contributed by atoms with van der Waals surface area (Å²) in [6, 6.07) is 0.116. The van der Waals surface area contributed by atoms with Gasteiger partial charge in [0.1, 0.15) is 0 Å². The molecule has 1 rings (SSSR count). The van der Waals surface area contributed by atoms with E-state index in [-0.39, 0.29) is 17.5 Å². The molecule has 102 valence electrons. The van der Waals surface area contributed by atoms with Crippen LogP contribution in [0.1, 0.15) is 13.3 Å². The van der Waals surface area contributed by atoms with Gasteiger partial charge in [0.15, 0.2) is 9.84 Å². The molecule has 0 aromatic rings. The Bertz CT molecular complexity index is 306. The van der Waals surface area contributed by atoms with Gasteiger partial charge >= 0.3 is 0 Å². The Labute approximate surface area is 104 Å². The minimum Gasteiger partial charge on any atom is -0.383 e. The molecule has 0 aromatic heterocycles. The van der Waals surface area contributed by atoms with Crippen LogP contribution in [0.4, 0.5) is 0 Å². The molecule has 1 aliphatic heterocycles. The number of rotatable bonds is 7. The quantitative estimate of drug-likeness (QED) is 0.686. The number of nitrogens with one attached hydrogen (secondary N) is 1. The van der Waals surface area contributed by atoms with Crippen LogP contribution in [-0.2, 0) is 14.6 Å². The third-order valence-electron chi connectivity index (χ3n) is 3.15. The molecule has 1 unspecified atom stereocenters. The van der Waals surface area contributed by atoms with Gasteiger partial charge in [0.25, 0.3) is 0 Å². The van der Waals surface area contributed by atoms with Crippen molar-refractivity contribution in [2.24, 2.45) is 0 Å². The Balaban J connectivity index is 2.28. The highest BCUT2D eigenvalue weighted by molar-refractivity contribution is 7.91. The van der Waals surface area contributed by atoms with Crippen LogP contribution in [0.2, 0.25) is 0 Å². The first kappa shape index (κ1) is 14.9. The molecule has 1 N–H and O–H groups in total. The molecule has 17 heavy (non-hydrogen) atoms. The lowest BCUT2D eigenvalue weighted by atomic mass is 10.2. The lowest BCUT2D eigenvalue weighted by Crippen LogP contribution is -2.46. The molecular formula is C11H24N2O3S. The second-order valence-corrected chi connectivity index (χ2v) is 6.71. The average molecular weight is 264 g/mol. The highest BCUT2D eigenvalue weighted by atomic mass is 32.2. The second-order valence-electron chi connectivity index (χ2n) is 4.48. The fourth-order valence-corrected chi connectivity index (χ4v) is 3.53. The number of ether oxygens (including phenoxy) is 1. The lowest BCUT2D eigenvalue weighted by molar-refractivity contribution is 0.148. The summed E-state index contributed by atoms with van der Waals surface area (Å²) < 4.78 is 28.0. The first-order valence-corrected chi connectivity index (χ1v) is 8.04. The first-order valence-electron chi connectivity index (χ1n) is 6.22. The minimum absolute atomic E-state index is 0.116. The Hall–Kier alpha value is -0.170. The summed E-state index contributed by atoms with van der Waals surface area (Å²) in [7, 11) is -1.11. The minimum atomic E-state index is -2.81. The zero-order chi connectivity index (χ0) is 12.7. The SMILES string of the molecule is CCN(CCOC)CCC1CS(=O)(=O)CCN1. The average Bonchev–Trinajstić information content (AvgIpc) is 2.28. The molecule has 0 radical (unpaired) electrons. The van der Waals surface area contributed by atoms with E-state index in [1.165, 1.54) is 0 Å². The molecule has 0 amide bonds. The zero-order valence-corrected chi connectivity index (χ0v) is 11.6. The summed E-state index contributed by atoms with van der Waals surface area (Å²) in [5.41, 5.74) is 0. The zero-order valence-electron chi connectivity index (χ0n) is 10.8. The molecule has 0 aromatic carbocycles. The van der Waals surface area contributed by atoms with Gasteiger partial charge in [-0.05, 0) is 19.5 Å². The molecular weight excluding hydrogens is 240 g/mol. The summed E-state index contributed by atoms with van der Waals surface area (Å²) in [6.07, 6.45) is 0.886. The Morgan fingerprint density at radius 2 is 2.18 bits per heavy atom. The standard InChI is InChI=1S/C11H24N2O3S/c1-3-13(7-8-16-2)6-4-11-10-17(14,15)9-5-12-11/h11-12H,3-10H2,1-2H3. The molecule has 1 atom stereocenters. The van der Waals surface area contributed by atoms with Crippen molar-refractivity contribution in [1.82, 2.24) is 10.2 Å². The molecule has 0 spiro atoms. The predicted molar refractivity (Wildman–Crippen MR) is 69.1 cm³/mol. The molecule has 1 fully saturated rings. The number of likely N-dealkylation sites (N-methyl/N-ethyl adjacent to an activating group) is 1. The van der Waals surface area contributed by atoms with Gasteiger partial charge in [-0.25, -0.2) is 8.42 Å². The van der Waals surface area contributed by atoms with Gasteiger partial charge in [0, 0.05) is 26.2 Å². The van der Waals surface area contributed by atoms with Crippen molar-refractivity contribution in [2.75, 3.05) is 51.4 Å². The largest absolute Gasteiger partial charge is 0.383 e. The van der Waals surface area contributed by atoms with E-state index in [1.54, 1.807) is 7.11 Å². The van der Waals surface area contributed by atoms with Crippen molar-refractivity contribution in [3.05, 3.63) is 0 Å². The molecule has 1 aliphatic rings. The van der Waals surface area contributed by atoms with Gasteiger partial charge in [-0.2, -0.15) is 0 Å². The van der Waals surface area contributed by atoms with E-state index in [2.05, 4.69) is 17.1 Å². The van der Waals surface area contributed by atoms with E-state index in [0.29, 0.717) is 6.54 Å². The Morgan fingerprint density at radius 3 is 2.76 bits per heavy atom. The van der Waals surface area contributed by atoms with Crippen LogP contribution in [0.25, 0.3) is 0 Å². The number of methoxy groups -OCH3 is 1. The maximum Gasteiger partial charge on any atom is 0.153 e. The van der Waals surface area contributed by atoms with Crippen LogP contribution in [-0.4, -0.2) is 70.8 Å². The van der Waals surface area contributed by atoms with E-state index < -0.39 is 9.84 Å². The first-order chi connectivity index (χ1) is 8.07. The Morgan fingerprint density at radius 1 is 1.41 bits per heavy atom. The molecule has 1 saturated heterocycles. The summed E-state index contributed by atoms with van der Waals surface area (Å²) >= 11 is 0. The molecule has 6 heteroatoms. The van der Waals surface area contributed by atoms with Crippen LogP contribution in [0.15, 0.2) is 0 Å². The highest BCUT2D eigenvalue weighted by Gasteiger charge is 2.24. The third kappa shape index (κ3) is 5.81. The van der Waals surface area contributed by atoms with E-state index in [1.807, 2.05) is 0 Å². The van der Waals surface area contributed by atoms with E-state index >= 15 is 0 Å². The number of nitrogens with zero attached hydrogens (tertiary/aromatic N) is 1. The van der Waals surface area contributed by atoms with Crippen molar-refractivity contribution in [3.63, 3.8) is 0 Å². The summed E-state index contributed by atoms with van der Waals surface area (Å²) in [5.74, 6) is 0.569. The second kappa shape index (κ2) is 7.31. The fraction of sp³-hybridized carbons (Fsp3) is 1.00. The maximum atomic E-state index is 11.5. The van der Waals surface area contributed by atoms with E-state index in [4.69, 9.17) is 4.74 Å². The molecule has 0 saturated carbocycles. The summed E-state index contributed by atoms with van der Waals surface area (Å²) in [5, 5.41) is 3.27. The Kier molecular flexibility index (Phi) is 6.40. The van der Waals surface area contributed by atoms with Crippen molar-refractivity contribution in [1.29, 1.82) is 0 Å². The normalized spacial score (nSPS) is 24.1. The van der Waals surface area contributed by atoms with Gasteiger partial charge in [0.2, 0.25) is 0 Å². The molecule has 0 bridgehead atoms. The lowest BCUT2D eigenvalue weighted by Gasteiger charge is -2.27. The topological polar surface area (TPSA) is 58.6 Å². The summed E-state index contributed by atoms with van der Waals surface area (Å²) in [4.78, 5) is 2.28. The smallest absolute Gasteiger partial charge is 0.153 e. The van der Waals surface area contributed by atoms with Crippen molar-refractivity contribution in [2.45, 2.75) is 19.4 Å². The third-order valence-corrected chi connectivity index (χ3v) is 4.89.